The van der Waals surface area contributed by atoms with Gasteiger partial charge in [-0.05, 0) is 0 Å². The molecule has 0 aliphatic heterocycles. The summed E-state index contributed by atoms with van der Waals surface area (Å²) in [5.41, 5.74) is 0.854. The van der Waals surface area contributed by atoms with Crippen LogP contribution in [0.3, 0.4) is 0 Å². The third kappa shape index (κ3) is 7.81. The van der Waals surface area contributed by atoms with Gasteiger partial charge in [0.15, 0.2) is 6.10 Å². The van der Waals surface area contributed by atoms with Crippen molar-refractivity contribution in [1.29, 1.82) is 0 Å². The fraction of sp³-hybridized carbons (Fsp3) is 0.111. The van der Waals surface area contributed by atoms with E-state index >= 15 is 0 Å². The Balaban J connectivity index is 0.000000539. The number of Topliss-reactive ketones (excluding diaryl/α,β-unsaturated/α-hetero) is 2. The maximum atomic E-state index is 11.8. The molecule has 0 aliphatic rings. The Bertz CT molecular complexity index is 709. The number of carbonyl (C=O) groups excluding carboxylic acids is 3. The smallest absolute Gasteiger partial charge is 0.547 e. The number of carboxylic acid groups (broad SMARTS) is 2. The molecule has 0 spiro atoms. The van der Waals surface area contributed by atoms with Crippen molar-refractivity contribution in [2.45, 2.75) is 12.2 Å². The first kappa shape index (κ1) is 24.6. The van der Waals surface area contributed by atoms with E-state index in [1.54, 1.807) is 48.5 Å². The van der Waals surface area contributed by atoms with Crippen LogP contribution in [0, 0.1) is 0 Å². The van der Waals surface area contributed by atoms with E-state index in [1.807, 2.05) is 12.1 Å². The van der Waals surface area contributed by atoms with Crippen molar-refractivity contribution in [3.8, 4) is 0 Å². The molecule has 2 aromatic carbocycles. The van der Waals surface area contributed by atoms with Crippen molar-refractivity contribution in [3.05, 3.63) is 71.8 Å². The van der Waals surface area contributed by atoms with Crippen molar-refractivity contribution in [2.75, 3.05) is 0 Å². The molecular weight excluding hydrogens is 367 g/mol. The molecule has 0 bridgehead atoms. The van der Waals surface area contributed by atoms with Crippen molar-refractivity contribution in [2.24, 2.45) is 0 Å². The van der Waals surface area contributed by atoms with Crippen LogP contribution in [0.5, 0.6) is 0 Å². The third-order valence-electron chi connectivity index (χ3n) is 3.07. The zero-order valence-electron chi connectivity index (χ0n) is 14.3. The normalized spacial score (nSPS) is 11.6. The average Bonchev–Trinajstić information content (AvgIpc) is 2.67. The topological polar surface area (TPSA) is 152 Å². The molecule has 0 radical (unpaired) electrons. The van der Waals surface area contributed by atoms with Crippen molar-refractivity contribution in [3.63, 3.8) is 0 Å². The van der Waals surface area contributed by atoms with Gasteiger partial charge in [0.05, 0.1) is 5.97 Å². The van der Waals surface area contributed by atoms with Gasteiger partial charge in [-0.15, -0.1) is 0 Å². The molecule has 3 N–H and O–H groups in total. The molecule has 0 aromatic heterocycles. The number of carboxylic acids is 2. The van der Waals surface area contributed by atoms with Crippen LogP contribution in [0.15, 0.2) is 60.7 Å². The number of aliphatic hydroxyl groups excluding tert-OH is 2. The summed E-state index contributed by atoms with van der Waals surface area (Å²) in [5, 5.41) is 34.1. The molecular formula is C18H15NaO8. The van der Waals surface area contributed by atoms with Gasteiger partial charge in [-0.2, -0.15) is 0 Å². The zero-order valence-corrected chi connectivity index (χ0v) is 16.3. The van der Waals surface area contributed by atoms with Crippen LogP contribution in [-0.4, -0.2) is 51.0 Å². The standard InChI is InChI=1S/C14H10O2.C4H6O6.Na/c15-13(11-7-3-1-4-8-11)14(16)12-9-5-2-6-10-12;5-1(3(7)8)2(6)4(9)10;/h1-10H;1-2,5-6H,(H,7,8)(H,9,10);/q;;+1/p-1. The Labute approximate surface area is 176 Å². The average molecular weight is 382 g/mol. The second-order valence-electron chi connectivity index (χ2n) is 4.94. The monoisotopic (exact) mass is 382 g/mol. The summed E-state index contributed by atoms with van der Waals surface area (Å²) >= 11 is 0. The van der Waals surface area contributed by atoms with E-state index in [4.69, 9.17) is 15.3 Å². The van der Waals surface area contributed by atoms with Crippen molar-refractivity contribution < 1.29 is 69.2 Å². The van der Waals surface area contributed by atoms with E-state index in [-0.39, 0.29) is 29.6 Å². The Morgan fingerprint density at radius 3 is 1.26 bits per heavy atom. The molecule has 27 heavy (non-hydrogen) atoms. The minimum atomic E-state index is -2.38. The molecule has 136 valence electrons. The number of benzene rings is 2. The predicted molar refractivity (Wildman–Crippen MR) is 86.2 cm³/mol. The number of aliphatic hydroxyl groups is 2. The van der Waals surface area contributed by atoms with E-state index in [1.165, 1.54) is 0 Å². The van der Waals surface area contributed by atoms with Crippen LogP contribution >= 0.6 is 0 Å². The molecule has 0 heterocycles. The molecule has 9 heteroatoms. The van der Waals surface area contributed by atoms with Crippen LogP contribution in [-0.2, 0) is 9.59 Å². The summed E-state index contributed by atoms with van der Waals surface area (Å²) in [6.45, 7) is 0. The summed E-state index contributed by atoms with van der Waals surface area (Å²) < 4.78 is 0. The first-order chi connectivity index (χ1) is 12.3. The van der Waals surface area contributed by atoms with Crippen molar-refractivity contribution in [1.82, 2.24) is 0 Å². The minimum absolute atomic E-state index is 0. The Hall–Kier alpha value is -2.36. The van der Waals surface area contributed by atoms with Gasteiger partial charge >= 0.3 is 35.5 Å². The predicted octanol–water partition coefficient (Wildman–Crippen LogP) is -3.70. The molecule has 2 aromatic rings. The van der Waals surface area contributed by atoms with Gasteiger partial charge in [0.1, 0.15) is 6.10 Å². The first-order valence-corrected chi connectivity index (χ1v) is 7.24. The van der Waals surface area contributed by atoms with Gasteiger partial charge < -0.3 is 25.2 Å². The summed E-state index contributed by atoms with van der Waals surface area (Å²) in [6.07, 6.45) is -4.71. The third-order valence-corrected chi connectivity index (χ3v) is 3.07. The molecule has 0 fully saturated rings. The molecule has 2 atom stereocenters. The number of carbonyl (C=O) groups is 4. The Morgan fingerprint density at radius 1 is 0.704 bits per heavy atom. The number of hydrogen-bond donors (Lipinski definition) is 3. The van der Waals surface area contributed by atoms with Gasteiger partial charge in [0.25, 0.3) is 0 Å². The quantitative estimate of drug-likeness (QED) is 0.262. The van der Waals surface area contributed by atoms with Gasteiger partial charge in [-0.3, -0.25) is 9.59 Å². The van der Waals surface area contributed by atoms with Crippen LogP contribution in [0.25, 0.3) is 0 Å². The fourth-order valence-electron chi connectivity index (χ4n) is 1.71. The molecule has 0 saturated carbocycles. The van der Waals surface area contributed by atoms with Gasteiger partial charge in [-0.1, -0.05) is 60.7 Å². The molecule has 0 amide bonds. The summed E-state index contributed by atoms with van der Waals surface area (Å²) in [4.78, 5) is 43.0. The van der Waals surface area contributed by atoms with E-state index in [0.717, 1.165) is 0 Å². The molecule has 0 saturated heterocycles. The van der Waals surface area contributed by atoms with Crippen molar-refractivity contribution >= 4 is 23.5 Å². The van der Waals surface area contributed by atoms with Gasteiger partial charge in [0.2, 0.25) is 11.6 Å². The summed E-state index contributed by atoms with van der Waals surface area (Å²) in [7, 11) is 0. The largest absolute Gasteiger partial charge is 1.00 e. The van der Waals surface area contributed by atoms with E-state index in [2.05, 4.69) is 0 Å². The van der Waals surface area contributed by atoms with Gasteiger partial charge in [0, 0.05) is 11.1 Å². The second-order valence-corrected chi connectivity index (χ2v) is 4.94. The number of rotatable bonds is 6. The maximum Gasteiger partial charge on any atom is 1.00 e. The Morgan fingerprint density at radius 2 is 1.04 bits per heavy atom. The van der Waals surface area contributed by atoms with Gasteiger partial charge in [-0.25, -0.2) is 4.79 Å². The van der Waals surface area contributed by atoms with Crippen LogP contribution in [0.4, 0.5) is 0 Å². The minimum Gasteiger partial charge on any atom is -0.547 e. The van der Waals surface area contributed by atoms with E-state index < -0.39 is 35.7 Å². The zero-order chi connectivity index (χ0) is 19.7. The summed E-state index contributed by atoms with van der Waals surface area (Å²) in [6, 6.07) is 17.2. The SMILES string of the molecule is O=C(C(=O)c1ccccc1)c1ccccc1.O=C([O-])C(O)C(O)C(=O)O.[Na+]. The second kappa shape index (κ2) is 12.1. The number of hydrogen-bond acceptors (Lipinski definition) is 7. The van der Waals surface area contributed by atoms with Crippen LogP contribution in [0.1, 0.15) is 20.7 Å². The van der Waals surface area contributed by atoms with E-state index in [0.29, 0.717) is 11.1 Å². The Kier molecular flexibility index (Phi) is 11.0. The molecule has 8 nitrogen and oxygen atoms in total. The molecule has 2 unspecified atom stereocenters. The van der Waals surface area contributed by atoms with Crippen LogP contribution < -0.4 is 34.7 Å². The number of ketones is 2. The molecule has 2 rings (SSSR count). The van der Waals surface area contributed by atoms with E-state index in [9.17, 15) is 24.3 Å². The summed E-state index contributed by atoms with van der Waals surface area (Å²) in [5.74, 6) is -4.76. The fourth-order valence-corrected chi connectivity index (χ4v) is 1.71. The first-order valence-electron chi connectivity index (χ1n) is 7.24. The van der Waals surface area contributed by atoms with Crippen LogP contribution in [0.2, 0.25) is 0 Å². The molecule has 0 aliphatic carbocycles. The maximum absolute atomic E-state index is 11.8. The number of aliphatic carboxylic acids is 2.